The number of hydrogen-bond acceptors (Lipinski definition) is 2. The normalized spacial score (nSPS) is 8.57. The van der Waals surface area contributed by atoms with Crippen molar-refractivity contribution in [2.75, 3.05) is 0 Å². The van der Waals surface area contributed by atoms with Crippen molar-refractivity contribution in [3.05, 3.63) is 0 Å². The molecular formula is C4H14BrNO. The monoisotopic (exact) mass is 171 g/mol. The highest BCUT2D eigenvalue weighted by Crippen LogP contribution is 1.93. The zero-order valence-corrected chi connectivity index (χ0v) is 6.78. The minimum Gasteiger partial charge on any atom is -0.391 e. The first-order valence-corrected chi connectivity index (χ1v) is 1.72. The van der Waals surface area contributed by atoms with Gasteiger partial charge in [-0.2, -0.15) is 0 Å². The molecule has 0 aliphatic carbocycles. The van der Waals surface area contributed by atoms with Gasteiger partial charge in [0.15, 0.2) is 0 Å². The average Bonchev–Trinajstić information content (AvgIpc) is 0.722. The van der Waals surface area contributed by atoms with Crippen molar-refractivity contribution in [3.63, 3.8) is 0 Å². The van der Waals surface area contributed by atoms with Crippen LogP contribution in [0.5, 0.6) is 0 Å². The Morgan fingerprint density at radius 1 is 1.14 bits per heavy atom. The molecule has 0 spiro atoms. The molecule has 0 aliphatic rings. The molecule has 0 aromatic carbocycles. The number of rotatable bonds is 0. The van der Waals surface area contributed by atoms with Crippen LogP contribution in [0, 0.1) is 0 Å². The summed E-state index contributed by atoms with van der Waals surface area (Å²) >= 11 is 0. The van der Waals surface area contributed by atoms with Gasteiger partial charge in [0, 0.05) is 0 Å². The third-order valence-corrected chi connectivity index (χ3v) is 0. The van der Waals surface area contributed by atoms with Crippen molar-refractivity contribution in [2.45, 2.75) is 26.4 Å². The Morgan fingerprint density at radius 3 is 1.14 bits per heavy atom. The lowest BCUT2D eigenvalue weighted by Crippen LogP contribution is -2.10. The van der Waals surface area contributed by atoms with Gasteiger partial charge in [-0.3, -0.25) is 0 Å². The predicted molar refractivity (Wildman–Crippen MR) is 37.3 cm³/mol. The highest BCUT2D eigenvalue weighted by atomic mass is 79.9. The van der Waals surface area contributed by atoms with Crippen LogP contribution < -0.4 is 6.15 Å². The highest BCUT2D eigenvalue weighted by Gasteiger charge is 1.97. The first kappa shape index (κ1) is 15.7. The molecule has 0 saturated carbocycles. The fourth-order valence-corrected chi connectivity index (χ4v) is 0. The van der Waals surface area contributed by atoms with Gasteiger partial charge in [-0.15, -0.1) is 17.0 Å². The molecule has 0 radical (unpaired) electrons. The maximum Gasteiger partial charge on any atom is 0.0563 e. The lowest BCUT2D eigenvalue weighted by atomic mass is 10.2. The molecule has 0 bridgehead atoms. The van der Waals surface area contributed by atoms with Crippen LogP contribution in [0.2, 0.25) is 0 Å². The molecule has 0 aromatic rings. The minimum absolute atomic E-state index is 0. The standard InChI is InChI=1S/C4H10O.BrH.H3N/c1-4(2,3)5;;/h5H,1-3H3;1H;1H3. The van der Waals surface area contributed by atoms with E-state index in [0.29, 0.717) is 0 Å². The van der Waals surface area contributed by atoms with Gasteiger partial charge in [0.2, 0.25) is 0 Å². The van der Waals surface area contributed by atoms with Crippen LogP contribution in [-0.4, -0.2) is 10.7 Å². The number of halogens is 1. The van der Waals surface area contributed by atoms with Gasteiger partial charge >= 0.3 is 0 Å². The molecular weight excluding hydrogens is 158 g/mol. The molecule has 0 unspecified atom stereocenters. The molecule has 0 fully saturated rings. The first-order chi connectivity index (χ1) is 2.00. The summed E-state index contributed by atoms with van der Waals surface area (Å²) in [5, 5.41) is 8.52. The Kier molecular flexibility index (Phi) is 10.2. The van der Waals surface area contributed by atoms with E-state index in [0.717, 1.165) is 0 Å². The molecule has 0 amide bonds. The maximum atomic E-state index is 8.52. The molecule has 0 aliphatic heterocycles. The summed E-state index contributed by atoms with van der Waals surface area (Å²) in [7, 11) is 0. The van der Waals surface area contributed by atoms with E-state index in [2.05, 4.69) is 0 Å². The largest absolute Gasteiger partial charge is 0.391 e. The van der Waals surface area contributed by atoms with Crippen molar-refractivity contribution in [1.29, 1.82) is 0 Å². The lowest BCUT2D eigenvalue weighted by molar-refractivity contribution is 0.102. The molecule has 0 aromatic heterocycles. The van der Waals surface area contributed by atoms with Crippen molar-refractivity contribution < 1.29 is 5.11 Å². The number of hydrogen-bond donors (Lipinski definition) is 2. The van der Waals surface area contributed by atoms with Crippen LogP contribution in [-0.2, 0) is 0 Å². The van der Waals surface area contributed by atoms with E-state index in [4.69, 9.17) is 5.11 Å². The fraction of sp³-hybridized carbons (Fsp3) is 1.00. The molecule has 3 heteroatoms. The highest BCUT2D eigenvalue weighted by molar-refractivity contribution is 8.93. The van der Waals surface area contributed by atoms with Crippen LogP contribution in [0.15, 0.2) is 0 Å². The van der Waals surface area contributed by atoms with E-state index < -0.39 is 5.60 Å². The first-order valence-electron chi connectivity index (χ1n) is 1.72. The smallest absolute Gasteiger partial charge is 0.0563 e. The molecule has 0 atom stereocenters. The summed E-state index contributed by atoms with van der Waals surface area (Å²) in [4.78, 5) is 0. The Balaban J connectivity index is -0.0000000800. The summed E-state index contributed by atoms with van der Waals surface area (Å²) in [5.41, 5.74) is -0.500. The zero-order valence-electron chi connectivity index (χ0n) is 5.06. The zero-order chi connectivity index (χ0) is 4.50. The average molecular weight is 172 g/mol. The topological polar surface area (TPSA) is 55.2 Å². The van der Waals surface area contributed by atoms with Crippen LogP contribution >= 0.6 is 17.0 Å². The Labute approximate surface area is 55.3 Å². The van der Waals surface area contributed by atoms with E-state index in [1.54, 1.807) is 20.8 Å². The van der Waals surface area contributed by atoms with E-state index in [9.17, 15) is 0 Å². The molecule has 2 nitrogen and oxygen atoms in total. The summed E-state index contributed by atoms with van der Waals surface area (Å²) in [6.45, 7) is 5.23. The third-order valence-electron chi connectivity index (χ3n) is 0. The van der Waals surface area contributed by atoms with Gasteiger partial charge in [0.05, 0.1) is 5.60 Å². The lowest BCUT2D eigenvalue weighted by Gasteiger charge is -2.04. The fourth-order valence-electron chi connectivity index (χ4n) is 0. The van der Waals surface area contributed by atoms with Gasteiger partial charge in [-0.25, -0.2) is 0 Å². The molecule has 48 valence electrons. The van der Waals surface area contributed by atoms with Gasteiger partial charge in [-0.05, 0) is 20.8 Å². The van der Waals surface area contributed by atoms with Crippen LogP contribution in [0.1, 0.15) is 20.8 Å². The van der Waals surface area contributed by atoms with E-state index in [1.807, 2.05) is 0 Å². The van der Waals surface area contributed by atoms with E-state index in [1.165, 1.54) is 0 Å². The maximum absolute atomic E-state index is 8.52. The van der Waals surface area contributed by atoms with Crippen molar-refractivity contribution >= 4 is 17.0 Å². The second kappa shape index (κ2) is 4.56. The van der Waals surface area contributed by atoms with Crippen LogP contribution in [0.3, 0.4) is 0 Å². The van der Waals surface area contributed by atoms with Crippen LogP contribution in [0.25, 0.3) is 0 Å². The minimum atomic E-state index is -0.500. The Morgan fingerprint density at radius 2 is 1.14 bits per heavy atom. The van der Waals surface area contributed by atoms with Gasteiger partial charge < -0.3 is 11.3 Å². The molecule has 4 N–H and O–H groups in total. The Hall–Kier alpha value is 0.400. The van der Waals surface area contributed by atoms with Gasteiger partial charge in [0.25, 0.3) is 0 Å². The van der Waals surface area contributed by atoms with Crippen molar-refractivity contribution in [3.8, 4) is 0 Å². The second-order valence-corrected chi connectivity index (χ2v) is 2.17. The SMILES string of the molecule is Br.CC(C)(C)O.N. The quantitative estimate of drug-likeness (QED) is 0.581. The third kappa shape index (κ3) is 774. The van der Waals surface area contributed by atoms with Gasteiger partial charge in [0.1, 0.15) is 0 Å². The molecule has 0 saturated heterocycles. The van der Waals surface area contributed by atoms with E-state index in [-0.39, 0.29) is 23.1 Å². The molecule has 0 rings (SSSR count). The van der Waals surface area contributed by atoms with Crippen molar-refractivity contribution in [2.24, 2.45) is 0 Å². The Bertz CT molecular complexity index is 27.2. The summed E-state index contributed by atoms with van der Waals surface area (Å²) in [6, 6.07) is 0. The number of aliphatic hydroxyl groups is 1. The van der Waals surface area contributed by atoms with E-state index >= 15 is 0 Å². The predicted octanol–water partition coefficient (Wildman–Crippen LogP) is 1.52. The van der Waals surface area contributed by atoms with Gasteiger partial charge in [-0.1, -0.05) is 0 Å². The molecule has 0 heterocycles. The summed E-state index contributed by atoms with van der Waals surface area (Å²) in [5.74, 6) is 0. The molecule has 7 heavy (non-hydrogen) atoms. The second-order valence-electron chi connectivity index (χ2n) is 2.17. The summed E-state index contributed by atoms with van der Waals surface area (Å²) in [6.07, 6.45) is 0. The summed E-state index contributed by atoms with van der Waals surface area (Å²) < 4.78 is 0. The van der Waals surface area contributed by atoms with Crippen LogP contribution in [0.4, 0.5) is 0 Å². The van der Waals surface area contributed by atoms with Crippen molar-refractivity contribution in [1.82, 2.24) is 6.15 Å².